The van der Waals surface area contributed by atoms with Crippen molar-refractivity contribution in [3.05, 3.63) is 35.4 Å². The Hall–Kier alpha value is -1.31. The topological polar surface area (TPSA) is 26.3 Å². The molecule has 0 heterocycles. The fourth-order valence-corrected chi connectivity index (χ4v) is 3.36. The minimum Gasteiger partial charge on any atom is -0.465 e. The molecule has 2 rings (SSSR count). The van der Waals surface area contributed by atoms with E-state index in [0.717, 1.165) is 11.8 Å². The maximum atomic E-state index is 11.4. The maximum Gasteiger partial charge on any atom is 0.337 e. The van der Waals surface area contributed by atoms with Gasteiger partial charge >= 0.3 is 5.97 Å². The third-order valence-corrected chi connectivity index (χ3v) is 4.80. The molecule has 21 heavy (non-hydrogen) atoms. The molecule has 1 saturated carbocycles. The second kappa shape index (κ2) is 7.63. The average Bonchev–Trinajstić information content (AvgIpc) is 2.53. The van der Waals surface area contributed by atoms with Gasteiger partial charge in [-0.1, -0.05) is 38.8 Å². The Kier molecular flexibility index (Phi) is 5.84. The lowest BCUT2D eigenvalue weighted by Gasteiger charge is -2.29. The molecule has 1 aromatic rings. The number of rotatable bonds is 5. The first-order valence-electron chi connectivity index (χ1n) is 8.28. The van der Waals surface area contributed by atoms with Crippen LogP contribution in [0, 0.1) is 11.8 Å². The number of carbonyl (C=O) groups is 1. The summed E-state index contributed by atoms with van der Waals surface area (Å²) < 4.78 is 4.74. The van der Waals surface area contributed by atoms with E-state index in [-0.39, 0.29) is 5.97 Å². The van der Waals surface area contributed by atoms with E-state index in [1.54, 1.807) is 0 Å². The zero-order valence-electron chi connectivity index (χ0n) is 13.6. The first-order valence-corrected chi connectivity index (χ1v) is 8.28. The predicted molar refractivity (Wildman–Crippen MR) is 86.6 cm³/mol. The summed E-state index contributed by atoms with van der Waals surface area (Å²) in [6.07, 6.45) is 8.06. The van der Waals surface area contributed by atoms with E-state index in [4.69, 9.17) is 4.74 Å². The van der Waals surface area contributed by atoms with Gasteiger partial charge in [0.25, 0.3) is 0 Å². The van der Waals surface area contributed by atoms with Gasteiger partial charge in [0, 0.05) is 0 Å². The SMILES string of the molecule is COC(=O)c1ccc(C2CCC(CCC(C)C)CC2)cc1. The van der Waals surface area contributed by atoms with Crippen LogP contribution in [-0.2, 0) is 4.74 Å². The zero-order chi connectivity index (χ0) is 15.2. The van der Waals surface area contributed by atoms with Gasteiger partial charge in [-0.15, -0.1) is 0 Å². The monoisotopic (exact) mass is 288 g/mol. The lowest BCUT2D eigenvalue weighted by Crippen LogP contribution is -2.14. The molecule has 0 unspecified atom stereocenters. The summed E-state index contributed by atoms with van der Waals surface area (Å²) in [5, 5.41) is 0. The molecule has 1 aliphatic carbocycles. The molecular formula is C19H28O2. The van der Waals surface area contributed by atoms with Crippen LogP contribution in [-0.4, -0.2) is 13.1 Å². The quantitative estimate of drug-likeness (QED) is 0.697. The number of hydrogen-bond donors (Lipinski definition) is 0. The van der Waals surface area contributed by atoms with E-state index in [1.165, 1.54) is 51.2 Å². The van der Waals surface area contributed by atoms with Crippen molar-refractivity contribution in [1.82, 2.24) is 0 Å². The third kappa shape index (κ3) is 4.59. The molecule has 1 fully saturated rings. The van der Waals surface area contributed by atoms with Crippen molar-refractivity contribution in [3.8, 4) is 0 Å². The van der Waals surface area contributed by atoms with Crippen molar-refractivity contribution >= 4 is 5.97 Å². The van der Waals surface area contributed by atoms with Crippen LogP contribution in [0.15, 0.2) is 24.3 Å². The van der Waals surface area contributed by atoms with Crippen LogP contribution >= 0.6 is 0 Å². The van der Waals surface area contributed by atoms with Gasteiger partial charge in [-0.05, 0) is 61.1 Å². The molecule has 0 amide bonds. The molecule has 0 aliphatic heterocycles. The number of hydrogen-bond acceptors (Lipinski definition) is 2. The molecular weight excluding hydrogens is 260 g/mol. The molecule has 2 heteroatoms. The van der Waals surface area contributed by atoms with Crippen LogP contribution in [0.3, 0.4) is 0 Å². The van der Waals surface area contributed by atoms with Gasteiger partial charge in [0.15, 0.2) is 0 Å². The Morgan fingerprint density at radius 2 is 1.76 bits per heavy atom. The van der Waals surface area contributed by atoms with E-state index in [9.17, 15) is 4.79 Å². The number of methoxy groups -OCH3 is 1. The standard InChI is InChI=1S/C19H28O2/c1-14(2)4-5-15-6-8-16(9-7-15)17-10-12-18(13-11-17)19(20)21-3/h10-16H,4-9H2,1-3H3. The molecule has 0 spiro atoms. The number of carbonyl (C=O) groups excluding carboxylic acids is 1. The van der Waals surface area contributed by atoms with Crippen molar-refractivity contribution in [2.24, 2.45) is 11.8 Å². The van der Waals surface area contributed by atoms with Gasteiger partial charge in [0.2, 0.25) is 0 Å². The normalized spacial score (nSPS) is 22.3. The molecule has 0 radical (unpaired) electrons. The van der Waals surface area contributed by atoms with E-state index >= 15 is 0 Å². The summed E-state index contributed by atoms with van der Waals surface area (Å²) in [6, 6.07) is 7.99. The molecule has 0 bridgehead atoms. The lowest BCUT2D eigenvalue weighted by atomic mass is 9.76. The highest BCUT2D eigenvalue weighted by Crippen LogP contribution is 2.37. The second-order valence-corrected chi connectivity index (χ2v) is 6.80. The molecule has 2 nitrogen and oxygen atoms in total. The van der Waals surface area contributed by atoms with Crippen molar-refractivity contribution < 1.29 is 9.53 Å². The first-order chi connectivity index (χ1) is 10.1. The van der Waals surface area contributed by atoms with E-state index in [0.29, 0.717) is 11.5 Å². The summed E-state index contributed by atoms with van der Waals surface area (Å²) >= 11 is 0. The summed E-state index contributed by atoms with van der Waals surface area (Å²) in [4.78, 5) is 11.4. The van der Waals surface area contributed by atoms with Gasteiger partial charge in [-0.3, -0.25) is 0 Å². The number of benzene rings is 1. The van der Waals surface area contributed by atoms with Crippen molar-refractivity contribution in [2.75, 3.05) is 7.11 Å². The van der Waals surface area contributed by atoms with Crippen LogP contribution in [0.2, 0.25) is 0 Å². The molecule has 0 N–H and O–H groups in total. The minimum atomic E-state index is -0.251. The Morgan fingerprint density at radius 1 is 1.14 bits per heavy atom. The maximum absolute atomic E-state index is 11.4. The van der Waals surface area contributed by atoms with Crippen LogP contribution in [0.1, 0.15) is 74.2 Å². The van der Waals surface area contributed by atoms with Crippen LogP contribution in [0.25, 0.3) is 0 Å². The van der Waals surface area contributed by atoms with Crippen LogP contribution in [0.4, 0.5) is 0 Å². The summed E-state index contributed by atoms with van der Waals surface area (Å²) in [5.74, 6) is 2.18. The molecule has 1 aliphatic rings. The first kappa shape index (κ1) is 16.1. The fraction of sp³-hybridized carbons (Fsp3) is 0.632. The van der Waals surface area contributed by atoms with Crippen molar-refractivity contribution in [3.63, 3.8) is 0 Å². The van der Waals surface area contributed by atoms with Gasteiger partial charge in [0.05, 0.1) is 12.7 Å². The number of esters is 1. The van der Waals surface area contributed by atoms with Crippen LogP contribution in [0.5, 0.6) is 0 Å². The molecule has 0 atom stereocenters. The van der Waals surface area contributed by atoms with E-state index < -0.39 is 0 Å². The highest BCUT2D eigenvalue weighted by molar-refractivity contribution is 5.89. The Bertz CT molecular complexity index is 439. The second-order valence-electron chi connectivity index (χ2n) is 6.80. The van der Waals surface area contributed by atoms with E-state index in [2.05, 4.69) is 26.0 Å². The van der Waals surface area contributed by atoms with Crippen molar-refractivity contribution in [1.29, 1.82) is 0 Å². The summed E-state index contributed by atoms with van der Waals surface area (Å²) in [7, 11) is 1.43. The largest absolute Gasteiger partial charge is 0.465 e. The lowest BCUT2D eigenvalue weighted by molar-refractivity contribution is 0.0600. The third-order valence-electron chi connectivity index (χ3n) is 4.80. The van der Waals surface area contributed by atoms with Crippen molar-refractivity contribution in [2.45, 2.75) is 58.3 Å². The summed E-state index contributed by atoms with van der Waals surface area (Å²) in [5.41, 5.74) is 2.02. The molecule has 1 aromatic carbocycles. The smallest absolute Gasteiger partial charge is 0.337 e. The predicted octanol–water partition coefficient (Wildman–Crippen LogP) is 5.18. The number of ether oxygens (including phenoxy) is 1. The minimum absolute atomic E-state index is 0.251. The van der Waals surface area contributed by atoms with Gasteiger partial charge in [-0.25, -0.2) is 4.79 Å². The molecule has 0 saturated heterocycles. The van der Waals surface area contributed by atoms with Gasteiger partial charge < -0.3 is 4.74 Å². The van der Waals surface area contributed by atoms with Crippen LogP contribution < -0.4 is 0 Å². The highest BCUT2D eigenvalue weighted by atomic mass is 16.5. The average molecular weight is 288 g/mol. The highest BCUT2D eigenvalue weighted by Gasteiger charge is 2.22. The Labute approximate surface area is 128 Å². The fourth-order valence-electron chi connectivity index (χ4n) is 3.36. The van der Waals surface area contributed by atoms with Gasteiger partial charge in [-0.2, -0.15) is 0 Å². The van der Waals surface area contributed by atoms with E-state index in [1.807, 2.05) is 12.1 Å². The summed E-state index contributed by atoms with van der Waals surface area (Å²) in [6.45, 7) is 4.63. The Morgan fingerprint density at radius 3 is 2.29 bits per heavy atom. The van der Waals surface area contributed by atoms with Gasteiger partial charge in [0.1, 0.15) is 0 Å². The molecule has 0 aromatic heterocycles. The molecule has 116 valence electrons. The Balaban J connectivity index is 1.86. The zero-order valence-corrected chi connectivity index (χ0v) is 13.6.